The van der Waals surface area contributed by atoms with E-state index >= 15 is 0 Å². The molecule has 1 heterocycles. The number of nitrogens with zero attached hydrogens (tertiary/aromatic N) is 2. The topological polar surface area (TPSA) is 49.3 Å². The van der Waals surface area contributed by atoms with Gasteiger partial charge in [0.25, 0.3) is 0 Å². The molecule has 0 spiro atoms. The molecule has 1 aliphatic carbocycles. The van der Waals surface area contributed by atoms with Crippen molar-refractivity contribution >= 4 is 22.6 Å². The van der Waals surface area contributed by atoms with Crippen LogP contribution in [0.1, 0.15) is 81.9 Å². The second kappa shape index (κ2) is 10.4. The van der Waals surface area contributed by atoms with Crippen molar-refractivity contribution in [2.24, 2.45) is 0 Å². The van der Waals surface area contributed by atoms with Crippen LogP contribution in [0.25, 0.3) is 10.9 Å². The smallest absolute Gasteiger partial charge is 0.319 e. The van der Waals surface area contributed by atoms with E-state index in [1.54, 1.807) is 0 Å². The first kappa shape index (κ1) is 25.3. The van der Waals surface area contributed by atoms with E-state index in [4.69, 9.17) is 0 Å². The van der Waals surface area contributed by atoms with Crippen LogP contribution in [-0.4, -0.2) is 36.1 Å². The fraction of sp³-hybridized carbons (Fsp3) is 0.500. The third-order valence-electron chi connectivity index (χ3n) is 7.55. The summed E-state index contributed by atoms with van der Waals surface area (Å²) in [6.45, 7) is 10.2. The molecule has 0 aliphatic heterocycles. The van der Waals surface area contributed by atoms with Crippen molar-refractivity contribution < 1.29 is 4.79 Å². The van der Waals surface area contributed by atoms with Crippen molar-refractivity contribution in [2.75, 3.05) is 26.0 Å². The maximum Gasteiger partial charge on any atom is 0.319 e. The average molecular weight is 475 g/mol. The lowest BCUT2D eigenvalue weighted by Gasteiger charge is -2.30. The molecule has 5 heteroatoms. The average Bonchev–Trinajstić information content (AvgIpc) is 3.43. The lowest BCUT2D eigenvalue weighted by molar-refractivity contribution is 0.248. The normalized spacial score (nSPS) is 15.5. The summed E-state index contributed by atoms with van der Waals surface area (Å²) in [6.07, 6.45) is 6.93. The summed E-state index contributed by atoms with van der Waals surface area (Å²) >= 11 is 0. The van der Waals surface area contributed by atoms with E-state index in [-0.39, 0.29) is 11.4 Å². The first-order chi connectivity index (χ1) is 16.7. The monoisotopic (exact) mass is 474 g/mol. The number of anilines is 1. The predicted molar refractivity (Wildman–Crippen MR) is 147 cm³/mol. The highest BCUT2D eigenvalue weighted by Crippen LogP contribution is 2.44. The van der Waals surface area contributed by atoms with Crippen molar-refractivity contribution in [3.05, 3.63) is 65.4 Å². The van der Waals surface area contributed by atoms with Crippen LogP contribution in [0.3, 0.4) is 0 Å². The predicted octanol–water partition coefficient (Wildman–Crippen LogP) is 7.04. The molecule has 0 saturated heterocycles. The van der Waals surface area contributed by atoms with E-state index in [0.717, 1.165) is 25.2 Å². The number of nitrogens with one attached hydrogen (secondary N) is 2. The van der Waals surface area contributed by atoms with Crippen molar-refractivity contribution in [2.45, 2.75) is 77.3 Å². The van der Waals surface area contributed by atoms with E-state index in [1.807, 2.05) is 0 Å². The Morgan fingerprint density at radius 2 is 1.60 bits per heavy atom. The summed E-state index contributed by atoms with van der Waals surface area (Å²) < 4.78 is 2.35. The van der Waals surface area contributed by atoms with E-state index < -0.39 is 0 Å². The Labute approximate surface area is 210 Å². The molecule has 188 valence electrons. The van der Waals surface area contributed by atoms with Crippen molar-refractivity contribution in [3.63, 3.8) is 0 Å². The molecule has 1 aliphatic rings. The molecular formula is C30H42N4O. The summed E-state index contributed by atoms with van der Waals surface area (Å²) in [4.78, 5) is 15.5. The standard InChI is InChI=1S/C30H42N4O/c1-21(2)23-13-11-14-24(22(3)4)28(23)32-29(35)31-19-30(16-9-10-17-30)26-18-34(20-33(5)6)27-15-8-7-12-25(26)27/h7-8,11-15,18,21-22H,9-10,16-17,19-20H2,1-6H3,(H2,31,32,35). The molecule has 0 unspecified atom stereocenters. The van der Waals surface area contributed by atoms with E-state index in [1.165, 1.54) is 40.4 Å². The van der Waals surface area contributed by atoms with Gasteiger partial charge in [-0.3, -0.25) is 4.90 Å². The molecule has 1 aromatic heterocycles. The zero-order valence-corrected chi connectivity index (χ0v) is 22.3. The van der Waals surface area contributed by atoms with Crippen molar-refractivity contribution in [1.82, 2.24) is 14.8 Å². The van der Waals surface area contributed by atoms with Crippen LogP contribution in [0.4, 0.5) is 10.5 Å². The minimum atomic E-state index is -0.108. The van der Waals surface area contributed by atoms with Gasteiger partial charge in [-0.15, -0.1) is 0 Å². The van der Waals surface area contributed by atoms with Gasteiger partial charge in [0, 0.05) is 34.7 Å². The second-order valence-electron chi connectivity index (χ2n) is 11.2. The molecule has 5 nitrogen and oxygen atoms in total. The van der Waals surface area contributed by atoms with E-state index in [2.05, 4.69) is 111 Å². The highest BCUT2D eigenvalue weighted by atomic mass is 16.2. The maximum absolute atomic E-state index is 13.3. The van der Waals surface area contributed by atoms with Gasteiger partial charge < -0.3 is 15.2 Å². The van der Waals surface area contributed by atoms with Gasteiger partial charge in [0.05, 0.1) is 6.67 Å². The summed E-state index contributed by atoms with van der Waals surface area (Å²) in [5.74, 6) is 0.681. The Hall–Kier alpha value is -2.79. The fourth-order valence-corrected chi connectivity index (χ4v) is 5.79. The SMILES string of the molecule is CC(C)c1cccc(C(C)C)c1NC(=O)NCC1(c2cn(CN(C)C)c3ccccc23)CCCC1. The number of hydrogen-bond donors (Lipinski definition) is 2. The molecule has 0 atom stereocenters. The molecule has 1 fully saturated rings. The van der Waals surface area contributed by atoms with Crippen LogP contribution in [0.2, 0.25) is 0 Å². The third-order valence-corrected chi connectivity index (χ3v) is 7.55. The van der Waals surface area contributed by atoms with Gasteiger partial charge in [-0.05, 0) is 61.5 Å². The van der Waals surface area contributed by atoms with Gasteiger partial charge in [-0.1, -0.05) is 76.9 Å². The van der Waals surface area contributed by atoms with Gasteiger partial charge in [0.1, 0.15) is 0 Å². The number of urea groups is 1. The number of fused-ring (bicyclic) bond motifs is 1. The van der Waals surface area contributed by atoms with Gasteiger partial charge in [-0.2, -0.15) is 0 Å². The number of rotatable bonds is 8. The number of amides is 2. The van der Waals surface area contributed by atoms with Crippen molar-refractivity contribution in [3.8, 4) is 0 Å². The molecule has 3 aromatic rings. The zero-order chi connectivity index (χ0) is 25.2. The Kier molecular flexibility index (Phi) is 7.56. The largest absolute Gasteiger partial charge is 0.337 e. The second-order valence-corrected chi connectivity index (χ2v) is 11.2. The van der Waals surface area contributed by atoms with Crippen LogP contribution in [-0.2, 0) is 12.1 Å². The molecule has 2 amide bonds. The van der Waals surface area contributed by atoms with Crippen LogP contribution in [0, 0.1) is 0 Å². The highest BCUT2D eigenvalue weighted by Gasteiger charge is 2.38. The quantitative estimate of drug-likeness (QED) is 0.368. The molecule has 4 rings (SSSR count). The molecule has 0 bridgehead atoms. The molecule has 2 N–H and O–H groups in total. The number of carbonyl (C=O) groups is 1. The molecule has 35 heavy (non-hydrogen) atoms. The minimum Gasteiger partial charge on any atom is -0.337 e. The van der Waals surface area contributed by atoms with Crippen LogP contribution in [0.5, 0.6) is 0 Å². The minimum absolute atomic E-state index is 0.0348. The van der Waals surface area contributed by atoms with Gasteiger partial charge in [0.2, 0.25) is 0 Å². The van der Waals surface area contributed by atoms with Crippen LogP contribution >= 0.6 is 0 Å². The fourth-order valence-electron chi connectivity index (χ4n) is 5.79. The Bertz CT molecular complexity index is 1140. The van der Waals surface area contributed by atoms with E-state index in [9.17, 15) is 4.79 Å². The third kappa shape index (κ3) is 5.25. The van der Waals surface area contributed by atoms with Gasteiger partial charge in [-0.25, -0.2) is 4.79 Å². The molecule has 0 radical (unpaired) electrons. The number of benzene rings is 2. The highest BCUT2D eigenvalue weighted by molar-refractivity contribution is 5.92. The van der Waals surface area contributed by atoms with Crippen molar-refractivity contribution in [1.29, 1.82) is 0 Å². The van der Waals surface area contributed by atoms with Gasteiger partial charge >= 0.3 is 6.03 Å². The number of hydrogen-bond acceptors (Lipinski definition) is 2. The lowest BCUT2D eigenvalue weighted by atomic mass is 9.78. The Morgan fingerprint density at radius 1 is 0.971 bits per heavy atom. The van der Waals surface area contributed by atoms with E-state index in [0.29, 0.717) is 18.4 Å². The lowest BCUT2D eigenvalue weighted by Crippen LogP contribution is -2.41. The molecule has 1 saturated carbocycles. The number of aromatic nitrogens is 1. The first-order valence-corrected chi connectivity index (χ1v) is 13.1. The van der Waals surface area contributed by atoms with Gasteiger partial charge in [0.15, 0.2) is 0 Å². The molecular weight excluding hydrogens is 432 g/mol. The molecule has 2 aromatic carbocycles. The maximum atomic E-state index is 13.3. The summed E-state index contributed by atoms with van der Waals surface area (Å²) in [7, 11) is 4.21. The summed E-state index contributed by atoms with van der Waals surface area (Å²) in [5.41, 5.74) is 5.95. The Balaban J connectivity index is 1.60. The van der Waals surface area contributed by atoms with Crippen LogP contribution < -0.4 is 10.6 Å². The summed E-state index contributed by atoms with van der Waals surface area (Å²) in [5, 5.41) is 7.84. The zero-order valence-electron chi connectivity index (χ0n) is 22.3. The van der Waals surface area contributed by atoms with Crippen LogP contribution in [0.15, 0.2) is 48.7 Å². The number of para-hydroxylation sites is 2. The summed E-state index contributed by atoms with van der Waals surface area (Å²) in [6, 6.07) is 14.9. The Morgan fingerprint density at radius 3 is 2.20 bits per heavy atom. The number of carbonyl (C=O) groups excluding carboxylic acids is 1. The first-order valence-electron chi connectivity index (χ1n) is 13.1.